The molecule has 192 valence electrons. The summed E-state index contributed by atoms with van der Waals surface area (Å²) in [6.07, 6.45) is 5.29. The van der Waals surface area contributed by atoms with Gasteiger partial charge in [-0.05, 0) is 57.0 Å². The number of anilines is 1. The second kappa shape index (κ2) is 9.76. The van der Waals surface area contributed by atoms with Gasteiger partial charge in [-0.3, -0.25) is 4.98 Å². The van der Waals surface area contributed by atoms with E-state index in [4.69, 9.17) is 9.72 Å². The lowest BCUT2D eigenvalue weighted by Gasteiger charge is -2.31. The fourth-order valence-corrected chi connectivity index (χ4v) is 4.39. The lowest BCUT2D eigenvalue weighted by atomic mass is 10.1. The van der Waals surface area contributed by atoms with Crippen molar-refractivity contribution in [2.45, 2.75) is 45.8 Å². The van der Waals surface area contributed by atoms with Gasteiger partial charge in [0, 0.05) is 53.9 Å². The van der Waals surface area contributed by atoms with Crippen LogP contribution in [0.2, 0.25) is 0 Å². The van der Waals surface area contributed by atoms with Crippen LogP contribution in [-0.2, 0) is 24.1 Å². The third-order valence-electron chi connectivity index (χ3n) is 6.09. The van der Waals surface area contributed by atoms with E-state index in [1.165, 1.54) is 24.4 Å². The maximum atomic E-state index is 13.9. The Morgan fingerprint density at radius 3 is 2.78 bits per heavy atom. The standard InChI is InChI=1S/C27H28F2N6O2/c1-27(2,3)37-26(36)35-9-7-22-21(15-35)25(34-24(33-22)17-10-19(29)14-30-12-17)31-8-6-16-13-32-23-11-18(28)4-5-20(16)23/h4-5,10-14,32H,6-9,15H2,1-3H3,(H,31,33,34). The van der Waals surface area contributed by atoms with E-state index < -0.39 is 17.5 Å². The highest BCUT2D eigenvalue weighted by atomic mass is 19.1. The number of carbonyl (C=O) groups is 1. The number of ether oxygens (including phenoxy) is 1. The molecule has 5 rings (SSSR count). The number of benzene rings is 1. The number of H-pyrrole nitrogens is 1. The Morgan fingerprint density at radius 2 is 2.00 bits per heavy atom. The number of pyridine rings is 1. The largest absolute Gasteiger partial charge is 0.444 e. The monoisotopic (exact) mass is 506 g/mol. The molecule has 1 aromatic carbocycles. The molecule has 0 atom stereocenters. The molecular formula is C27H28F2N6O2. The SMILES string of the molecule is CC(C)(C)OC(=O)N1CCc2nc(-c3cncc(F)c3)nc(NCCc3c[nH]c4cc(F)ccc34)c2C1. The summed E-state index contributed by atoms with van der Waals surface area (Å²) in [7, 11) is 0. The molecule has 0 spiro atoms. The Bertz CT molecular complexity index is 1460. The van der Waals surface area contributed by atoms with Crippen molar-refractivity contribution in [1.82, 2.24) is 24.8 Å². The number of aromatic amines is 1. The number of nitrogens with zero attached hydrogens (tertiary/aromatic N) is 4. The van der Waals surface area contributed by atoms with Crippen molar-refractivity contribution in [1.29, 1.82) is 0 Å². The molecule has 0 saturated heterocycles. The first kappa shape index (κ1) is 24.6. The van der Waals surface area contributed by atoms with Crippen molar-refractivity contribution < 1.29 is 18.3 Å². The zero-order valence-electron chi connectivity index (χ0n) is 20.9. The summed E-state index contributed by atoms with van der Waals surface area (Å²) >= 11 is 0. The molecule has 4 aromatic rings. The normalized spacial score (nSPS) is 13.5. The summed E-state index contributed by atoms with van der Waals surface area (Å²) in [6.45, 7) is 6.76. The Morgan fingerprint density at radius 1 is 1.16 bits per heavy atom. The second-order valence-corrected chi connectivity index (χ2v) is 10.0. The maximum Gasteiger partial charge on any atom is 0.410 e. The molecular weight excluding hydrogens is 478 g/mol. The van der Waals surface area contributed by atoms with Crippen LogP contribution < -0.4 is 5.32 Å². The van der Waals surface area contributed by atoms with Crippen LogP contribution in [0, 0.1) is 11.6 Å². The molecule has 1 amide bonds. The average molecular weight is 507 g/mol. The highest BCUT2D eigenvalue weighted by Gasteiger charge is 2.29. The first-order valence-electron chi connectivity index (χ1n) is 12.1. The number of nitrogens with one attached hydrogen (secondary N) is 2. The molecule has 3 aromatic heterocycles. The summed E-state index contributed by atoms with van der Waals surface area (Å²) in [5.74, 6) is 0.172. The number of hydrogen-bond donors (Lipinski definition) is 2. The fourth-order valence-electron chi connectivity index (χ4n) is 4.39. The van der Waals surface area contributed by atoms with Gasteiger partial charge >= 0.3 is 6.09 Å². The number of aromatic nitrogens is 4. The highest BCUT2D eigenvalue weighted by Crippen LogP contribution is 2.29. The van der Waals surface area contributed by atoms with Crippen molar-refractivity contribution in [3.63, 3.8) is 0 Å². The van der Waals surface area contributed by atoms with Crippen molar-refractivity contribution in [3.05, 3.63) is 71.3 Å². The number of fused-ring (bicyclic) bond motifs is 2. The van der Waals surface area contributed by atoms with Crippen LogP contribution >= 0.6 is 0 Å². The van der Waals surface area contributed by atoms with Crippen molar-refractivity contribution >= 4 is 22.8 Å². The smallest absolute Gasteiger partial charge is 0.410 e. The van der Waals surface area contributed by atoms with Gasteiger partial charge in [-0.15, -0.1) is 0 Å². The Kier molecular flexibility index (Phi) is 6.49. The third kappa shape index (κ3) is 5.52. The van der Waals surface area contributed by atoms with Crippen LogP contribution in [0.3, 0.4) is 0 Å². The Balaban J connectivity index is 1.42. The molecule has 0 radical (unpaired) electrons. The number of hydrogen-bond acceptors (Lipinski definition) is 6. The first-order valence-corrected chi connectivity index (χ1v) is 12.1. The van der Waals surface area contributed by atoms with Gasteiger partial charge in [0.15, 0.2) is 5.82 Å². The van der Waals surface area contributed by atoms with E-state index in [9.17, 15) is 13.6 Å². The van der Waals surface area contributed by atoms with Gasteiger partial charge in [-0.1, -0.05) is 0 Å². The lowest BCUT2D eigenvalue weighted by molar-refractivity contribution is 0.0223. The van der Waals surface area contributed by atoms with Crippen molar-refractivity contribution in [3.8, 4) is 11.4 Å². The number of rotatable bonds is 5. The van der Waals surface area contributed by atoms with Gasteiger partial charge in [-0.25, -0.2) is 23.5 Å². The van der Waals surface area contributed by atoms with E-state index in [0.29, 0.717) is 49.7 Å². The first-order chi connectivity index (χ1) is 17.7. The van der Waals surface area contributed by atoms with Crippen LogP contribution in [0.4, 0.5) is 19.4 Å². The number of amides is 1. The van der Waals surface area contributed by atoms with Crippen molar-refractivity contribution in [2.24, 2.45) is 0 Å². The molecule has 4 heterocycles. The number of halogens is 2. The van der Waals surface area contributed by atoms with E-state index >= 15 is 0 Å². The molecule has 0 fully saturated rings. The van der Waals surface area contributed by atoms with Gasteiger partial charge in [0.05, 0.1) is 18.4 Å². The van der Waals surface area contributed by atoms with E-state index in [2.05, 4.69) is 20.3 Å². The second-order valence-electron chi connectivity index (χ2n) is 10.0. The van der Waals surface area contributed by atoms with Gasteiger partial charge in [-0.2, -0.15) is 0 Å². The molecule has 37 heavy (non-hydrogen) atoms. The van der Waals surface area contributed by atoms with E-state index in [-0.39, 0.29) is 5.82 Å². The molecule has 0 bridgehead atoms. The summed E-state index contributed by atoms with van der Waals surface area (Å²) in [4.78, 5) is 30.8. The molecule has 10 heteroatoms. The Hall–Kier alpha value is -4.08. The van der Waals surface area contributed by atoms with Crippen LogP contribution in [0.5, 0.6) is 0 Å². The molecule has 2 N–H and O–H groups in total. The molecule has 0 saturated carbocycles. The quantitative estimate of drug-likeness (QED) is 0.384. The van der Waals surface area contributed by atoms with E-state index in [0.717, 1.165) is 33.9 Å². The van der Waals surface area contributed by atoms with Gasteiger partial charge in [0.2, 0.25) is 0 Å². The van der Waals surface area contributed by atoms with E-state index in [1.807, 2.05) is 27.0 Å². The summed E-state index contributed by atoms with van der Waals surface area (Å²) in [5, 5.41) is 4.34. The van der Waals surface area contributed by atoms with Crippen molar-refractivity contribution in [2.75, 3.05) is 18.4 Å². The van der Waals surface area contributed by atoms with Gasteiger partial charge in [0.1, 0.15) is 23.1 Å². The molecule has 1 aliphatic heterocycles. The predicted molar refractivity (Wildman–Crippen MR) is 136 cm³/mol. The minimum Gasteiger partial charge on any atom is -0.444 e. The third-order valence-corrected chi connectivity index (χ3v) is 6.09. The van der Waals surface area contributed by atoms with Gasteiger partial charge in [0.25, 0.3) is 0 Å². The molecule has 0 aliphatic carbocycles. The topological polar surface area (TPSA) is 96.0 Å². The molecule has 8 nitrogen and oxygen atoms in total. The molecule has 0 unspecified atom stereocenters. The maximum absolute atomic E-state index is 13.9. The van der Waals surface area contributed by atoms with Crippen LogP contribution in [0.25, 0.3) is 22.3 Å². The Labute approximate surface area is 213 Å². The van der Waals surface area contributed by atoms with Crippen LogP contribution in [0.1, 0.15) is 37.6 Å². The summed E-state index contributed by atoms with van der Waals surface area (Å²) < 4.78 is 33.0. The zero-order valence-corrected chi connectivity index (χ0v) is 20.9. The minimum absolute atomic E-state index is 0.291. The zero-order chi connectivity index (χ0) is 26.2. The number of carbonyl (C=O) groups excluding carboxylic acids is 1. The summed E-state index contributed by atoms with van der Waals surface area (Å²) in [6, 6.07) is 6.02. The average Bonchev–Trinajstić information content (AvgIpc) is 3.24. The lowest BCUT2D eigenvalue weighted by Crippen LogP contribution is -2.40. The summed E-state index contributed by atoms with van der Waals surface area (Å²) in [5.41, 5.74) is 3.23. The van der Waals surface area contributed by atoms with E-state index in [1.54, 1.807) is 11.0 Å². The molecule has 1 aliphatic rings. The van der Waals surface area contributed by atoms with Crippen LogP contribution in [-0.4, -0.2) is 49.6 Å². The minimum atomic E-state index is -0.606. The van der Waals surface area contributed by atoms with Gasteiger partial charge < -0.3 is 19.9 Å². The van der Waals surface area contributed by atoms with Crippen LogP contribution in [0.15, 0.2) is 42.9 Å². The highest BCUT2D eigenvalue weighted by molar-refractivity contribution is 5.83. The predicted octanol–water partition coefficient (Wildman–Crippen LogP) is 5.25. The fraction of sp³-hybridized carbons (Fsp3) is 0.333.